The second-order valence-electron chi connectivity index (χ2n) is 4.09. The molecule has 17 heavy (non-hydrogen) atoms. The number of aromatic carboxylic acids is 1. The monoisotopic (exact) mass is 246 g/mol. The molecule has 7 heteroatoms. The number of carbonyl (C=O) groups excluding carboxylic acids is 1. The fourth-order valence-corrected chi connectivity index (χ4v) is 3.02. The van der Waals surface area contributed by atoms with Crippen molar-refractivity contribution in [1.82, 2.24) is 9.88 Å². The zero-order chi connectivity index (χ0) is 11.1. The van der Waals surface area contributed by atoms with Crippen molar-refractivity contribution in [3.8, 4) is 0 Å². The third-order valence-electron chi connectivity index (χ3n) is 3.07. The molecule has 0 radical (unpaired) electrons. The summed E-state index contributed by atoms with van der Waals surface area (Å²) in [5, 5.41) is 10.8. The van der Waals surface area contributed by atoms with Crippen LogP contribution in [0.1, 0.15) is 20.4 Å². The first-order valence-electron chi connectivity index (χ1n) is 5.26. The Morgan fingerprint density at radius 3 is 2.88 bits per heavy atom. The summed E-state index contributed by atoms with van der Waals surface area (Å²) in [5.41, 5.74) is 0.931. The molecule has 1 aromatic heterocycles. The number of hydrogen-bond acceptors (Lipinski definition) is 6. The number of aromatic nitrogens is 1. The normalized spacial score (nSPS) is 20.2. The van der Waals surface area contributed by atoms with Gasteiger partial charge in [0.1, 0.15) is 11.0 Å². The van der Waals surface area contributed by atoms with Gasteiger partial charge in [-0.15, -0.1) is 11.3 Å². The molecule has 0 N–H and O–H groups in total. The van der Waals surface area contributed by atoms with Crippen molar-refractivity contribution >= 4 is 17.3 Å². The van der Waals surface area contributed by atoms with Gasteiger partial charge in [-0.2, -0.15) is 0 Å². The van der Waals surface area contributed by atoms with Crippen molar-refractivity contribution in [1.29, 1.82) is 0 Å². The van der Waals surface area contributed by atoms with Gasteiger partial charge < -0.3 is 14.6 Å². The molecule has 2 aliphatic rings. The van der Waals surface area contributed by atoms with E-state index in [9.17, 15) is 9.90 Å². The maximum absolute atomic E-state index is 10.7. The molecular formula is C10H11LiN2O3S. The standard InChI is InChI=1S/C10H12N2O3S.Li/c13-10(14)9-11-7-1-2-12(3-8(7)16-9)6-4-15-5-6;/h6H,1-5H2,(H,13,14);/q;+1/p-1. The second kappa shape index (κ2) is 5.08. The maximum atomic E-state index is 10.7. The molecular weight excluding hydrogens is 235 g/mol. The van der Waals surface area contributed by atoms with Crippen molar-refractivity contribution in [2.45, 2.75) is 19.0 Å². The number of thiazole rings is 1. The topological polar surface area (TPSA) is 65.5 Å². The Balaban J connectivity index is 0.00000108. The van der Waals surface area contributed by atoms with E-state index in [0.717, 1.165) is 43.3 Å². The van der Waals surface area contributed by atoms with Crippen molar-refractivity contribution < 1.29 is 33.5 Å². The number of rotatable bonds is 2. The van der Waals surface area contributed by atoms with Crippen LogP contribution in [0, 0.1) is 0 Å². The Labute approximate surface area is 115 Å². The van der Waals surface area contributed by atoms with Gasteiger partial charge in [0.15, 0.2) is 0 Å². The fourth-order valence-electron chi connectivity index (χ4n) is 2.05. The number of ether oxygens (including phenoxy) is 1. The summed E-state index contributed by atoms with van der Waals surface area (Å²) in [6.07, 6.45) is 0.829. The van der Waals surface area contributed by atoms with Crippen LogP contribution in [0.5, 0.6) is 0 Å². The van der Waals surface area contributed by atoms with E-state index < -0.39 is 5.97 Å². The van der Waals surface area contributed by atoms with E-state index in [2.05, 4.69) is 9.88 Å². The molecule has 3 heterocycles. The molecule has 0 atom stereocenters. The quantitative estimate of drug-likeness (QED) is 0.502. The molecule has 5 nitrogen and oxygen atoms in total. The van der Waals surface area contributed by atoms with Gasteiger partial charge in [0.05, 0.1) is 24.9 Å². The van der Waals surface area contributed by atoms with Gasteiger partial charge in [0.25, 0.3) is 0 Å². The molecule has 0 aromatic carbocycles. The second-order valence-corrected chi connectivity index (χ2v) is 5.17. The first kappa shape index (κ1) is 13.1. The van der Waals surface area contributed by atoms with Crippen molar-refractivity contribution in [2.75, 3.05) is 19.8 Å². The Morgan fingerprint density at radius 1 is 1.53 bits per heavy atom. The summed E-state index contributed by atoms with van der Waals surface area (Å²) >= 11 is 1.24. The van der Waals surface area contributed by atoms with Gasteiger partial charge in [-0.25, -0.2) is 4.98 Å². The van der Waals surface area contributed by atoms with Crippen LogP contribution < -0.4 is 24.0 Å². The smallest absolute Gasteiger partial charge is 0.542 e. The summed E-state index contributed by atoms with van der Waals surface area (Å²) in [6.45, 7) is 3.33. The SMILES string of the molecule is O=C([O-])c1nc2c(s1)CN(C1COC1)CC2.[Li+]. The van der Waals surface area contributed by atoms with Gasteiger partial charge in [-0.3, -0.25) is 4.90 Å². The van der Waals surface area contributed by atoms with E-state index in [1.54, 1.807) is 0 Å². The minimum absolute atomic E-state index is 0. The molecule has 86 valence electrons. The zero-order valence-corrected chi connectivity index (χ0v) is 10.5. The first-order chi connectivity index (χ1) is 7.74. The number of fused-ring (bicyclic) bond motifs is 1. The zero-order valence-electron chi connectivity index (χ0n) is 9.64. The van der Waals surface area contributed by atoms with E-state index in [-0.39, 0.29) is 23.9 Å². The van der Waals surface area contributed by atoms with Crippen LogP contribution in [0.3, 0.4) is 0 Å². The van der Waals surface area contributed by atoms with Crippen LogP contribution in [0.4, 0.5) is 0 Å². The average Bonchev–Trinajstić information content (AvgIpc) is 2.57. The summed E-state index contributed by atoms with van der Waals surface area (Å²) < 4.78 is 5.16. The molecule has 0 aliphatic carbocycles. The minimum Gasteiger partial charge on any atom is -0.542 e. The third kappa shape index (κ3) is 2.42. The van der Waals surface area contributed by atoms with Gasteiger partial charge in [-0.1, -0.05) is 0 Å². The maximum Gasteiger partial charge on any atom is 1.00 e. The van der Waals surface area contributed by atoms with Crippen LogP contribution in [0.25, 0.3) is 0 Å². The van der Waals surface area contributed by atoms with E-state index in [1.165, 1.54) is 11.3 Å². The summed E-state index contributed by atoms with van der Waals surface area (Å²) in [5.74, 6) is -1.17. The van der Waals surface area contributed by atoms with Gasteiger partial charge in [-0.05, 0) is 0 Å². The van der Waals surface area contributed by atoms with Gasteiger partial charge in [0.2, 0.25) is 0 Å². The van der Waals surface area contributed by atoms with E-state index in [4.69, 9.17) is 4.74 Å². The number of carbonyl (C=O) groups is 1. The van der Waals surface area contributed by atoms with Crippen LogP contribution >= 0.6 is 11.3 Å². The Morgan fingerprint density at radius 2 is 2.29 bits per heavy atom. The predicted octanol–water partition coefficient (Wildman–Crippen LogP) is -3.73. The predicted molar refractivity (Wildman–Crippen MR) is 55.2 cm³/mol. The number of hydrogen-bond donors (Lipinski definition) is 0. The van der Waals surface area contributed by atoms with Crippen LogP contribution in [-0.4, -0.2) is 41.7 Å². The molecule has 0 spiro atoms. The minimum atomic E-state index is -1.17. The molecule has 0 amide bonds. The summed E-state index contributed by atoms with van der Waals surface area (Å²) in [4.78, 5) is 18.2. The number of nitrogens with zero attached hydrogens (tertiary/aromatic N) is 2. The number of carboxylic acid groups (broad SMARTS) is 1. The van der Waals surface area contributed by atoms with Gasteiger partial charge in [0, 0.05) is 24.4 Å². The van der Waals surface area contributed by atoms with Crippen molar-refractivity contribution in [3.63, 3.8) is 0 Å². The molecule has 0 unspecified atom stereocenters. The molecule has 1 fully saturated rings. The average molecular weight is 246 g/mol. The van der Waals surface area contributed by atoms with Crippen molar-refractivity contribution in [3.05, 3.63) is 15.6 Å². The summed E-state index contributed by atoms with van der Waals surface area (Å²) in [7, 11) is 0. The first-order valence-corrected chi connectivity index (χ1v) is 6.07. The Kier molecular flexibility index (Phi) is 3.91. The third-order valence-corrected chi connectivity index (χ3v) is 4.13. The molecule has 0 saturated carbocycles. The molecule has 1 saturated heterocycles. The molecule has 2 aliphatic heterocycles. The largest absolute Gasteiger partial charge is 1.00 e. The number of carboxylic acids is 1. The van der Waals surface area contributed by atoms with E-state index in [0.29, 0.717) is 6.04 Å². The fraction of sp³-hybridized carbons (Fsp3) is 0.600. The Bertz CT molecular complexity index is 433. The molecule has 3 rings (SSSR count). The molecule has 0 bridgehead atoms. The van der Waals surface area contributed by atoms with Crippen LogP contribution in [0.15, 0.2) is 0 Å². The molecule has 1 aromatic rings. The summed E-state index contributed by atoms with van der Waals surface area (Å²) in [6, 6.07) is 0.502. The van der Waals surface area contributed by atoms with Crippen LogP contribution in [0.2, 0.25) is 0 Å². The Hall–Kier alpha value is -0.383. The van der Waals surface area contributed by atoms with Gasteiger partial charge >= 0.3 is 18.9 Å². The van der Waals surface area contributed by atoms with E-state index in [1.807, 2.05) is 0 Å². The van der Waals surface area contributed by atoms with Crippen LogP contribution in [-0.2, 0) is 17.7 Å². The van der Waals surface area contributed by atoms with Crippen molar-refractivity contribution in [2.24, 2.45) is 0 Å². The van der Waals surface area contributed by atoms with E-state index >= 15 is 0 Å².